The summed E-state index contributed by atoms with van der Waals surface area (Å²) in [6.45, 7) is 11.3. The number of rotatable bonds is 4. The lowest BCUT2D eigenvalue weighted by Crippen LogP contribution is -2.45. The van der Waals surface area contributed by atoms with Gasteiger partial charge in [0.05, 0.1) is 0 Å². The van der Waals surface area contributed by atoms with Crippen LogP contribution in [0.2, 0.25) is 0 Å². The molecule has 1 spiro atoms. The van der Waals surface area contributed by atoms with Crippen LogP contribution in [0.3, 0.4) is 0 Å². The number of pyridine rings is 1. The van der Waals surface area contributed by atoms with Gasteiger partial charge in [-0.1, -0.05) is 19.9 Å². The Bertz CT molecular complexity index is 835. The second-order valence-electron chi connectivity index (χ2n) is 8.87. The molecular formula is C22H31F3N4O4. The Morgan fingerprint density at radius 1 is 1.21 bits per heavy atom. The summed E-state index contributed by atoms with van der Waals surface area (Å²) < 4.78 is 31.7. The van der Waals surface area contributed by atoms with Gasteiger partial charge in [0.25, 0.3) is 0 Å². The van der Waals surface area contributed by atoms with E-state index in [4.69, 9.17) is 9.90 Å². The first-order valence-corrected chi connectivity index (χ1v) is 10.8. The van der Waals surface area contributed by atoms with E-state index < -0.39 is 12.1 Å². The number of carboxylic acids is 1. The highest BCUT2D eigenvalue weighted by Crippen LogP contribution is 2.35. The van der Waals surface area contributed by atoms with Crippen molar-refractivity contribution in [3.8, 4) is 0 Å². The van der Waals surface area contributed by atoms with E-state index in [1.165, 1.54) is 5.56 Å². The minimum Gasteiger partial charge on any atom is -0.475 e. The maximum Gasteiger partial charge on any atom is 0.490 e. The van der Waals surface area contributed by atoms with Gasteiger partial charge in [-0.05, 0) is 18.6 Å². The monoisotopic (exact) mass is 472 g/mol. The van der Waals surface area contributed by atoms with Crippen molar-refractivity contribution in [2.24, 2.45) is 11.3 Å². The molecule has 11 heteroatoms. The fraction of sp³-hybridized carbons (Fsp3) is 0.636. The molecule has 33 heavy (non-hydrogen) atoms. The molecule has 2 amide bonds. The molecule has 3 rings (SSSR count). The van der Waals surface area contributed by atoms with Gasteiger partial charge in [-0.15, -0.1) is 0 Å². The fourth-order valence-corrected chi connectivity index (χ4v) is 4.27. The first-order valence-electron chi connectivity index (χ1n) is 10.8. The van der Waals surface area contributed by atoms with Crippen LogP contribution in [0.15, 0.2) is 24.5 Å². The number of alkyl halides is 3. The third kappa shape index (κ3) is 7.41. The third-order valence-electron chi connectivity index (χ3n) is 5.74. The number of likely N-dealkylation sites (tertiary alicyclic amines) is 1. The van der Waals surface area contributed by atoms with Crippen LogP contribution < -0.4 is 0 Å². The average Bonchev–Trinajstić information content (AvgIpc) is 2.94. The van der Waals surface area contributed by atoms with Crippen molar-refractivity contribution in [3.63, 3.8) is 0 Å². The van der Waals surface area contributed by atoms with Crippen LogP contribution in [-0.4, -0.2) is 88.0 Å². The minimum atomic E-state index is -5.08. The van der Waals surface area contributed by atoms with E-state index >= 15 is 0 Å². The molecule has 2 fully saturated rings. The summed E-state index contributed by atoms with van der Waals surface area (Å²) >= 11 is 0. The van der Waals surface area contributed by atoms with Gasteiger partial charge in [-0.3, -0.25) is 19.5 Å². The zero-order chi connectivity index (χ0) is 24.8. The van der Waals surface area contributed by atoms with Crippen molar-refractivity contribution >= 4 is 17.8 Å². The molecular weight excluding hydrogens is 441 g/mol. The predicted octanol–water partition coefficient (Wildman–Crippen LogP) is 2.25. The van der Waals surface area contributed by atoms with Gasteiger partial charge in [-0.25, -0.2) is 4.79 Å². The van der Waals surface area contributed by atoms with E-state index in [1.54, 1.807) is 6.20 Å². The number of aliphatic carboxylic acids is 1. The zero-order valence-electron chi connectivity index (χ0n) is 19.1. The van der Waals surface area contributed by atoms with E-state index in [9.17, 15) is 22.8 Å². The molecule has 0 saturated carbocycles. The molecule has 1 unspecified atom stereocenters. The molecule has 0 radical (unpaired) electrons. The van der Waals surface area contributed by atoms with Gasteiger partial charge in [0.15, 0.2) is 0 Å². The number of amides is 2. The van der Waals surface area contributed by atoms with Crippen LogP contribution >= 0.6 is 0 Å². The summed E-state index contributed by atoms with van der Waals surface area (Å²) in [5.74, 6) is -2.37. The summed E-state index contributed by atoms with van der Waals surface area (Å²) in [7, 11) is 0. The molecule has 2 saturated heterocycles. The summed E-state index contributed by atoms with van der Waals surface area (Å²) in [6.07, 6.45) is -0.871. The molecule has 0 bridgehead atoms. The molecule has 3 heterocycles. The number of carbonyl (C=O) groups is 3. The molecule has 0 aliphatic carbocycles. The molecule has 0 aromatic carbocycles. The van der Waals surface area contributed by atoms with Crippen molar-refractivity contribution in [3.05, 3.63) is 30.1 Å². The van der Waals surface area contributed by atoms with E-state index in [-0.39, 0.29) is 23.1 Å². The number of carbonyl (C=O) groups excluding carboxylic acids is 2. The summed E-state index contributed by atoms with van der Waals surface area (Å²) in [5, 5.41) is 7.12. The van der Waals surface area contributed by atoms with E-state index in [1.807, 2.05) is 42.8 Å². The predicted molar refractivity (Wildman–Crippen MR) is 114 cm³/mol. The Morgan fingerprint density at radius 2 is 1.88 bits per heavy atom. The minimum absolute atomic E-state index is 0.0173. The fourth-order valence-electron chi connectivity index (χ4n) is 4.27. The van der Waals surface area contributed by atoms with Crippen LogP contribution in [0.1, 0.15) is 32.8 Å². The molecule has 1 aromatic heterocycles. The van der Waals surface area contributed by atoms with Crippen molar-refractivity contribution in [1.29, 1.82) is 0 Å². The normalized spacial score (nSPS) is 21.7. The molecule has 2 aliphatic rings. The first kappa shape index (κ1) is 26.6. The lowest BCUT2D eigenvalue weighted by atomic mass is 9.85. The van der Waals surface area contributed by atoms with Gasteiger partial charge in [0.1, 0.15) is 0 Å². The van der Waals surface area contributed by atoms with Crippen molar-refractivity contribution in [1.82, 2.24) is 19.7 Å². The van der Waals surface area contributed by atoms with Crippen LogP contribution in [0.5, 0.6) is 0 Å². The van der Waals surface area contributed by atoms with Crippen LogP contribution in [0, 0.1) is 11.3 Å². The first-order chi connectivity index (χ1) is 15.4. The van der Waals surface area contributed by atoms with Gasteiger partial charge < -0.3 is 14.9 Å². The van der Waals surface area contributed by atoms with Crippen LogP contribution in [-0.2, 0) is 20.9 Å². The Morgan fingerprint density at radius 3 is 2.36 bits per heavy atom. The van der Waals surface area contributed by atoms with Crippen molar-refractivity contribution < 1.29 is 32.7 Å². The van der Waals surface area contributed by atoms with Crippen molar-refractivity contribution in [2.45, 2.75) is 39.9 Å². The number of carboxylic acid groups (broad SMARTS) is 1. The van der Waals surface area contributed by atoms with Gasteiger partial charge >= 0.3 is 12.1 Å². The standard InChI is InChI=1S/C20H30N4O2.C2HF3O2/c1-4-23-14-20(10-18(23)25)13-22(12-17-6-5-7-21-11-17)8-9-24(15-20)19(26)16(2)3;3-2(4,5)1(6)7/h5-7,11,16H,4,8-10,12-15H2,1-3H3;(H,6,7). The number of halogens is 3. The zero-order valence-corrected chi connectivity index (χ0v) is 19.1. The lowest BCUT2D eigenvalue weighted by molar-refractivity contribution is -0.192. The van der Waals surface area contributed by atoms with Crippen LogP contribution in [0.25, 0.3) is 0 Å². The highest BCUT2D eigenvalue weighted by atomic mass is 19.4. The lowest BCUT2D eigenvalue weighted by Gasteiger charge is -2.34. The van der Waals surface area contributed by atoms with Crippen molar-refractivity contribution in [2.75, 3.05) is 39.3 Å². The average molecular weight is 473 g/mol. The maximum absolute atomic E-state index is 12.7. The molecule has 8 nitrogen and oxygen atoms in total. The van der Waals surface area contributed by atoms with Gasteiger partial charge in [0.2, 0.25) is 11.8 Å². The smallest absolute Gasteiger partial charge is 0.475 e. The van der Waals surface area contributed by atoms with E-state index in [0.717, 1.165) is 39.3 Å². The van der Waals surface area contributed by atoms with Gasteiger partial charge in [0, 0.05) is 76.0 Å². The summed E-state index contributed by atoms with van der Waals surface area (Å²) in [5.41, 5.74) is 0.999. The largest absolute Gasteiger partial charge is 0.490 e. The second-order valence-corrected chi connectivity index (χ2v) is 8.87. The van der Waals surface area contributed by atoms with Crippen LogP contribution in [0.4, 0.5) is 13.2 Å². The quantitative estimate of drug-likeness (QED) is 0.723. The Balaban J connectivity index is 0.000000479. The Hall–Kier alpha value is -2.69. The number of aromatic nitrogens is 1. The number of hydrogen-bond acceptors (Lipinski definition) is 5. The van der Waals surface area contributed by atoms with E-state index in [2.05, 4.69) is 16.0 Å². The SMILES string of the molecule is CCN1CC2(CC1=O)CN(Cc1cccnc1)CCN(C(=O)C(C)C)C2.O=C(O)C(F)(F)F. The Labute approximate surface area is 191 Å². The maximum atomic E-state index is 12.7. The second kappa shape index (κ2) is 11.0. The Kier molecular flexibility index (Phi) is 8.82. The number of nitrogens with zero attached hydrogens (tertiary/aromatic N) is 4. The molecule has 1 N–H and O–H groups in total. The number of hydrogen-bond donors (Lipinski definition) is 1. The summed E-state index contributed by atoms with van der Waals surface area (Å²) in [6, 6.07) is 4.04. The molecule has 1 atom stereocenters. The topological polar surface area (TPSA) is 94.1 Å². The molecule has 1 aromatic rings. The highest BCUT2D eigenvalue weighted by molar-refractivity contribution is 5.81. The molecule has 184 valence electrons. The highest BCUT2D eigenvalue weighted by Gasteiger charge is 2.46. The third-order valence-corrected chi connectivity index (χ3v) is 5.74. The molecule has 2 aliphatic heterocycles. The van der Waals surface area contributed by atoms with E-state index in [0.29, 0.717) is 13.0 Å². The van der Waals surface area contributed by atoms with Gasteiger partial charge in [-0.2, -0.15) is 13.2 Å². The summed E-state index contributed by atoms with van der Waals surface area (Å²) in [4.78, 5) is 44.6.